The lowest BCUT2D eigenvalue weighted by atomic mass is 10.8. The zero-order chi connectivity index (χ0) is 4.83. The normalized spacial score (nSPS) is 8.17. The summed E-state index contributed by atoms with van der Waals surface area (Å²) in [7, 11) is 0. The Kier molecular flexibility index (Phi) is 5.17. The predicted octanol–water partition coefficient (Wildman–Crippen LogP) is 2.09. The Bertz CT molecular complexity index is 32.9. The molecule has 0 rings (SSSR count). The van der Waals surface area contributed by atoms with E-state index in [4.69, 9.17) is 0 Å². The van der Waals surface area contributed by atoms with Crippen molar-refractivity contribution in [3.05, 3.63) is 18.4 Å². The molecule has 0 fully saturated rings. The number of hydrogen-bond acceptors (Lipinski definition) is 1. The summed E-state index contributed by atoms with van der Waals surface area (Å²) in [5, 5.41) is 0. The second kappa shape index (κ2) is 5.09. The van der Waals surface area contributed by atoms with Crippen LogP contribution in [-0.2, 0) is 0 Å². The first kappa shape index (κ1) is 6.09. The molecule has 0 nitrogen and oxygen atoms in total. The van der Waals surface area contributed by atoms with Crippen molar-refractivity contribution in [1.29, 1.82) is 0 Å². The molecule has 0 spiro atoms. The van der Waals surface area contributed by atoms with Gasteiger partial charge in [-0.3, -0.25) is 0 Å². The standard InChI is InChI=1S/C5H9S/c1-3-5-6-4-2/h3,5H,1,4H2,2H3. The van der Waals surface area contributed by atoms with Crippen molar-refractivity contribution < 1.29 is 0 Å². The highest BCUT2D eigenvalue weighted by Gasteiger charge is 1.71. The van der Waals surface area contributed by atoms with Gasteiger partial charge in [0.05, 0.1) is 0 Å². The fraction of sp³-hybridized carbons (Fsp3) is 0.400. The van der Waals surface area contributed by atoms with Crippen molar-refractivity contribution in [3.8, 4) is 0 Å². The highest BCUT2D eigenvalue weighted by Crippen LogP contribution is 2.01. The van der Waals surface area contributed by atoms with Crippen molar-refractivity contribution >= 4 is 11.8 Å². The van der Waals surface area contributed by atoms with E-state index >= 15 is 0 Å². The average Bonchev–Trinajstić information content (AvgIpc) is 1.61. The zero-order valence-electron chi connectivity index (χ0n) is 3.98. The van der Waals surface area contributed by atoms with E-state index in [0.29, 0.717) is 0 Å². The van der Waals surface area contributed by atoms with Crippen LogP contribution >= 0.6 is 11.8 Å². The van der Waals surface area contributed by atoms with Gasteiger partial charge in [-0.25, -0.2) is 0 Å². The summed E-state index contributed by atoms with van der Waals surface area (Å²) in [5.74, 6) is 3.13. The quantitative estimate of drug-likeness (QED) is 0.490. The summed E-state index contributed by atoms with van der Waals surface area (Å²) in [6.07, 6.45) is 1.80. The van der Waals surface area contributed by atoms with Gasteiger partial charge < -0.3 is 0 Å². The van der Waals surface area contributed by atoms with E-state index in [-0.39, 0.29) is 0 Å². The lowest BCUT2D eigenvalue weighted by molar-refractivity contribution is 1.53. The smallest absolute Gasteiger partial charge is 0.0378 e. The van der Waals surface area contributed by atoms with Gasteiger partial charge in [0.15, 0.2) is 0 Å². The van der Waals surface area contributed by atoms with E-state index in [0.717, 1.165) is 5.75 Å². The number of thioether (sulfide) groups is 1. The average molecular weight is 101 g/mol. The Hall–Kier alpha value is 0.0900. The van der Waals surface area contributed by atoms with Crippen LogP contribution in [0.3, 0.4) is 0 Å². The summed E-state index contributed by atoms with van der Waals surface area (Å²) in [4.78, 5) is 0. The van der Waals surface area contributed by atoms with Gasteiger partial charge in [-0.05, 0) is 5.75 Å². The molecule has 1 radical (unpaired) electrons. The Balaban J connectivity index is 2.49. The molecule has 0 unspecified atom stereocenters. The van der Waals surface area contributed by atoms with Crippen LogP contribution in [0.1, 0.15) is 6.92 Å². The lowest BCUT2D eigenvalue weighted by Gasteiger charge is -1.82. The highest BCUT2D eigenvalue weighted by molar-refractivity contribution is 8.01. The predicted molar refractivity (Wildman–Crippen MR) is 32.6 cm³/mol. The molecule has 0 saturated carbocycles. The van der Waals surface area contributed by atoms with E-state index < -0.39 is 0 Å². The molecule has 35 valence electrons. The van der Waals surface area contributed by atoms with Crippen LogP contribution in [0.2, 0.25) is 0 Å². The minimum Gasteiger partial charge on any atom is -0.153 e. The Labute approximate surface area is 43.6 Å². The van der Waals surface area contributed by atoms with Crippen LogP contribution in [0.25, 0.3) is 0 Å². The summed E-state index contributed by atoms with van der Waals surface area (Å²) >= 11 is 1.77. The Morgan fingerprint density at radius 3 is 2.67 bits per heavy atom. The van der Waals surface area contributed by atoms with Gasteiger partial charge in [0.1, 0.15) is 0 Å². The Morgan fingerprint density at radius 2 is 2.50 bits per heavy atom. The molecule has 0 bridgehead atoms. The van der Waals surface area contributed by atoms with Crippen molar-refractivity contribution in [3.63, 3.8) is 0 Å². The Morgan fingerprint density at radius 1 is 1.83 bits per heavy atom. The third-order valence-electron chi connectivity index (χ3n) is 0.359. The molecule has 0 amide bonds. The van der Waals surface area contributed by atoms with Gasteiger partial charge >= 0.3 is 0 Å². The van der Waals surface area contributed by atoms with Crippen molar-refractivity contribution in [2.24, 2.45) is 0 Å². The molecular weight excluding hydrogens is 92.1 g/mol. The molecule has 0 aromatic rings. The van der Waals surface area contributed by atoms with Crippen LogP contribution in [0, 0.1) is 5.75 Å². The van der Waals surface area contributed by atoms with Crippen LogP contribution in [0.4, 0.5) is 0 Å². The second-order valence-electron chi connectivity index (χ2n) is 0.827. The summed E-state index contributed by atoms with van der Waals surface area (Å²) in [6, 6.07) is 0. The van der Waals surface area contributed by atoms with Gasteiger partial charge in [-0.15, -0.1) is 6.58 Å². The fourth-order valence-electron chi connectivity index (χ4n) is 0.164. The summed E-state index contributed by atoms with van der Waals surface area (Å²) in [6.45, 7) is 5.64. The minimum atomic E-state index is 1.14. The first-order chi connectivity index (χ1) is 2.91. The van der Waals surface area contributed by atoms with Crippen LogP contribution < -0.4 is 0 Å². The molecule has 0 aromatic carbocycles. The molecular formula is C5H9S. The maximum absolute atomic E-state index is 3.52. The maximum Gasteiger partial charge on any atom is 0.0378 e. The van der Waals surface area contributed by atoms with Crippen LogP contribution in [0.15, 0.2) is 12.7 Å². The van der Waals surface area contributed by atoms with E-state index in [9.17, 15) is 0 Å². The molecule has 0 aliphatic heterocycles. The van der Waals surface area contributed by atoms with Crippen LogP contribution in [-0.4, -0.2) is 5.75 Å². The number of hydrogen-bond donors (Lipinski definition) is 0. The molecule has 0 aliphatic rings. The molecule has 0 heterocycles. The van der Waals surface area contributed by atoms with E-state index in [1.807, 2.05) is 5.75 Å². The molecule has 0 aliphatic carbocycles. The van der Waals surface area contributed by atoms with Crippen molar-refractivity contribution in [1.82, 2.24) is 0 Å². The van der Waals surface area contributed by atoms with Crippen molar-refractivity contribution in [2.75, 3.05) is 5.75 Å². The van der Waals surface area contributed by atoms with Gasteiger partial charge in [0, 0.05) is 5.75 Å². The van der Waals surface area contributed by atoms with E-state index in [1.165, 1.54) is 0 Å². The zero-order valence-corrected chi connectivity index (χ0v) is 4.79. The highest BCUT2D eigenvalue weighted by atomic mass is 32.2. The van der Waals surface area contributed by atoms with Gasteiger partial charge in [0.25, 0.3) is 0 Å². The minimum absolute atomic E-state index is 1.14. The first-order valence-corrected chi connectivity index (χ1v) is 3.02. The maximum atomic E-state index is 3.52. The second-order valence-corrected chi connectivity index (χ2v) is 2.01. The summed E-state index contributed by atoms with van der Waals surface area (Å²) < 4.78 is 0. The fourth-order valence-corrected chi connectivity index (χ4v) is 0.493. The van der Waals surface area contributed by atoms with Gasteiger partial charge in [0.2, 0.25) is 0 Å². The molecule has 6 heavy (non-hydrogen) atoms. The largest absolute Gasteiger partial charge is 0.153 e. The van der Waals surface area contributed by atoms with Crippen LogP contribution in [0.5, 0.6) is 0 Å². The monoisotopic (exact) mass is 101 g/mol. The van der Waals surface area contributed by atoms with Crippen molar-refractivity contribution in [2.45, 2.75) is 6.92 Å². The molecule has 0 aromatic heterocycles. The molecule has 0 saturated heterocycles. The molecule has 0 N–H and O–H groups in total. The first-order valence-electron chi connectivity index (χ1n) is 1.97. The third-order valence-corrected chi connectivity index (χ3v) is 1.08. The number of rotatable bonds is 3. The van der Waals surface area contributed by atoms with E-state index in [1.54, 1.807) is 17.8 Å². The van der Waals surface area contributed by atoms with Gasteiger partial charge in [-0.2, -0.15) is 11.8 Å². The molecule has 0 atom stereocenters. The molecule has 1 heteroatoms. The third kappa shape index (κ3) is 4.09. The summed E-state index contributed by atoms with van der Waals surface area (Å²) in [5.41, 5.74) is 0. The van der Waals surface area contributed by atoms with E-state index in [2.05, 4.69) is 13.5 Å². The lowest BCUT2D eigenvalue weighted by Crippen LogP contribution is -1.59. The topological polar surface area (TPSA) is 0 Å². The van der Waals surface area contributed by atoms with Gasteiger partial charge in [-0.1, -0.05) is 13.0 Å². The SMILES string of the molecule is C=C[CH]SCC.